The quantitative estimate of drug-likeness (QED) is 0.843. The first-order valence-corrected chi connectivity index (χ1v) is 6.21. The van der Waals surface area contributed by atoms with Gasteiger partial charge in [0.05, 0.1) is 11.9 Å². The average Bonchev–Trinajstić information content (AvgIpc) is 2.31. The fourth-order valence-corrected chi connectivity index (χ4v) is 2.55. The van der Waals surface area contributed by atoms with E-state index in [4.69, 9.17) is 0 Å². The number of rotatable bonds is 3. The zero-order chi connectivity index (χ0) is 11.4. The van der Waals surface area contributed by atoms with Gasteiger partial charge < -0.3 is 10.2 Å². The SMILES string of the molecule is CCNC1CCN(c2cccnc2)C(C)C1. The topological polar surface area (TPSA) is 28.2 Å². The number of anilines is 1. The Morgan fingerprint density at radius 3 is 3.06 bits per heavy atom. The maximum absolute atomic E-state index is 4.19. The highest BCUT2D eigenvalue weighted by Gasteiger charge is 2.24. The van der Waals surface area contributed by atoms with Gasteiger partial charge in [0.25, 0.3) is 0 Å². The van der Waals surface area contributed by atoms with Crippen molar-refractivity contribution in [1.29, 1.82) is 0 Å². The summed E-state index contributed by atoms with van der Waals surface area (Å²) in [5.74, 6) is 0. The van der Waals surface area contributed by atoms with E-state index in [-0.39, 0.29) is 0 Å². The van der Waals surface area contributed by atoms with Crippen molar-refractivity contribution in [2.75, 3.05) is 18.0 Å². The third-order valence-electron chi connectivity index (χ3n) is 3.35. The Morgan fingerprint density at radius 2 is 2.44 bits per heavy atom. The summed E-state index contributed by atoms with van der Waals surface area (Å²) in [7, 11) is 0. The van der Waals surface area contributed by atoms with Crippen LogP contribution in [0, 0.1) is 0 Å². The van der Waals surface area contributed by atoms with Gasteiger partial charge in [-0.2, -0.15) is 0 Å². The van der Waals surface area contributed by atoms with Gasteiger partial charge in [-0.15, -0.1) is 0 Å². The minimum Gasteiger partial charge on any atom is -0.367 e. The molecule has 1 aliphatic rings. The molecule has 2 unspecified atom stereocenters. The first kappa shape index (κ1) is 11.4. The van der Waals surface area contributed by atoms with Gasteiger partial charge in [0.1, 0.15) is 0 Å². The zero-order valence-corrected chi connectivity index (χ0v) is 10.2. The smallest absolute Gasteiger partial charge is 0.0555 e. The monoisotopic (exact) mass is 219 g/mol. The Labute approximate surface area is 97.9 Å². The van der Waals surface area contributed by atoms with Crippen molar-refractivity contribution in [3.63, 3.8) is 0 Å². The van der Waals surface area contributed by atoms with Crippen LogP contribution in [0.5, 0.6) is 0 Å². The molecule has 3 heteroatoms. The molecule has 1 fully saturated rings. The van der Waals surface area contributed by atoms with E-state index in [0.717, 1.165) is 13.1 Å². The van der Waals surface area contributed by atoms with Crippen molar-refractivity contribution in [2.24, 2.45) is 0 Å². The summed E-state index contributed by atoms with van der Waals surface area (Å²) in [4.78, 5) is 6.65. The molecular weight excluding hydrogens is 198 g/mol. The van der Waals surface area contributed by atoms with E-state index in [1.165, 1.54) is 18.5 Å². The minimum absolute atomic E-state index is 0.599. The Kier molecular flexibility index (Phi) is 3.78. The van der Waals surface area contributed by atoms with Crippen LogP contribution in [0.3, 0.4) is 0 Å². The van der Waals surface area contributed by atoms with Crippen molar-refractivity contribution < 1.29 is 0 Å². The lowest BCUT2D eigenvalue weighted by molar-refractivity contribution is 0.374. The van der Waals surface area contributed by atoms with Crippen LogP contribution in [-0.2, 0) is 0 Å². The van der Waals surface area contributed by atoms with Crippen LogP contribution in [-0.4, -0.2) is 30.2 Å². The van der Waals surface area contributed by atoms with Crippen molar-refractivity contribution in [3.05, 3.63) is 24.5 Å². The number of nitrogens with zero attached hydrogens (tertiary/aromatic N) is 2. The lowest BCUT2D eigenvalue weighted by Gasteiger charge is -2.39. The van der Waals surface area contributed by atoms with Gasteiger partial charge in [-0.05, 0) is 38.4 Å². The van der Waals surface area contributed by atoms with E-state index in [9.17, 15) is 0 Å². The second-order valence-corrected chi connectivity index (χ2v) is 4.53. The molecule has 0 amide bonds. The van der Waals surface area contributed by atoms with Gasteiger partial charge in [0.2, 0.25) is 0 Å². The molecule has 0 spiro atoms. The largest absolute Gasteiger partial charge is 0.367 e. The number of aromatic nitrogens is 1. The molecule has 0 bridgehead atoms. The maximum Gasteiger partial charge on any atom is 0.0555 e. The fraction of sp³-hybridized carbons (Fsp3) is 0.615. The lowest BCUT2D eigenvalue weighted by Crippen LogP contribution is -2.47. The molecule has 88 valence electrons. The Morgan fingerprint density at radius 1 is 1.56 bits per heavy atom. The van der Waals surface area contributed by atoms with Gasteiger partial charge in [-0.1, -0.05) is 6.92 Å². The highest BCUT2D eigenvalue weighted by atomic mass is 15.2. The minimum atomic E-state index is 0.599. The first-order valence-electron chi connectivity index (χ1n) is 6.21. The molecule has 1 saturated heterocycles. The van der Waals surface area contributed by atoms with E-state index in [1.807, 2.05) is 18.5 Å². The third kappa shape index (κ3) is 2.53. The van der Waals surface area contributed by atoms with Gasteiger partial charge in [-0.25, -0.2) is 0 Å². The lowest BCUT2D eigenvalue weighted by atomic mass is 9.98. The van der Waals surface area contributed by atoms with Crippen LogP contribution in [0.25, 0.3) is 0 Å². The summed E-state index contributed by atoms with van der Waals surface area (Å²) in [6.45, 7) is 6.68. The molecule has 1 aromatic rings. The molecule has 3 nitrogen and oxygen atoms in total. The standard InChI is InChI=1S/C13H21N3/c1-3-15-12-6-8-16(11(2)9-12)13-5-4-7-14-10-13/h4-5,7,10-12,15H,3,6,8-9H2,1-2H3. The molecule has 16 heavy (non-hydrogen) atoms. The Hall–Kier alpha value is -1.09. The summed E-state index contributed by atoms with van der Waals surface area (Å²) >= 11 is 0. The van der Waals surface area contributed by atoms with E-state index in [2.05, 4.69) is 35.1 Å². The van der Waals surface area contributed by atoms with E-state index in [1.54, 1.807) is 0 Å². The number of hydrogen-bond acceptors (Lipinski definition) is 3. The van der Waals surface area contributed by atoms with Gasteiger partial charge >= 0.3 is 0 Å². The highest BCUT2D eigenvalue weighted by Crippen LogP contribution is 2.23. The Balaban J connectivity index is 1.99. The third-order valence-corrected chi connectivity index (χ3v) is 3.35. The second-order valence-electron chi connectivity index (χ2n) is 4.53. The second kappa shape index (κ2) is 5.30. The first-order chi connectivity index (χ1) is 7.81. The molecule has 2 atom stereocenters. The van der Waals surface area contributed by atoms with Crippen molar-refractivity contribution >= 4 is 5.69 Å². The molecule has 0 saturated carbocycles. The summed E-state index contributed by atoms with van der Waals surface area (Å²) in [6, 6.07) is 5.45. The predicted octanol–water partition coefficient (Wildman–Crippen LogP) is 2.05. The molecule has 2 rings (SSSR count). The molecule has 0 aliphatic carbocycles. The number of pyridine rings is 1. The normalized spacial score (nSPS) is 25.8. The molecule has 1 N–H and O–H groups in total. The van der Waals surface area contributed by atoms with Gasteiger partial charge in [0, 0.05) is 24.8 Å². The number of piperidine rings is 1. The van der Waals surface area contributed by atoms with Crippen LogP contribution in [0.2, 0.25) is 0 Å². The van der Waals surface area contributed by atoms with Crippen LogP contribution in [0.4, 0.5) is 5.69 Å². The van der Waals surface area contributed by atoms with E-state index >= 15 is 0 Å². The summed E-state index contributed by atoms with van der Waals surface area (Å²) in [6.07, 6.45) is 6.25. The van der Waals surface area contributed by atoms with Crippen LogP contribution in [0.1, 0.15) is 26.7 Å². The molecule has 2 heterocycles. The fourth-order valence-electron chi connectivity index (χ4n) is 2.55. The Bertz CT molecular complexity index is 312. The van der Waals surface area contributed by atoms with Crippen molar-refractivity contribution in [2.45, 2.75) is 38.8 Å². The van der Waals surface area contributed by atoms with Crippen LogP contribution < -0.4 is 10.2 Å². The highest BCUT2D eigenvalue weighted by molar-refractivity contribution is 5.45. The maximum atomic E-state index is 4.19. The van der Waals surface area contributed by atoms with E-state index < -0.39 is 0 Å². The van der Waals surface area contributed by atoms with Crippen LogP contribution in [0.15, 0.2) is 24.5 Å². The van der Waals surface area contributed by atoms with Gasteiger partial charge in [0.15, 0.2) is 0 Å². The van der Waals surface area contributed by atoms with E-state index in [0.29, 0.717) is 12.1 Å². The zero-order valence-electron chi connectivity index (χ0n) is 10.2. The van der Waals surface area contributed by atoms with Crippen LogP contribution >= 0.6 is 0 Å². The summed E-state index contributed by atoms with van der Waals surface area (Å²) in [5.41, 5.74) is 1.25. The summed E-state index contributed by atoms with van der Waals surface area (Å²) in [5, 5.41) is 3.54. The molecule has 0 radical (unpaired) electrons. The van der Waals surface area contributed by atoms with Crippen molar-refractivity contribution in [1.82, 2.24) is 10.3 Å². The summed E-state index contributed by atoms with van der Waals surface area (Å²) < 4.78 is 0. The number of hydrogen-bond donors (Lipinski definition) is 1. The average molecular weight is 219 g/mol. The molecule has 0 aromatic carbocycles. The molecule has 1 aliphatic heterocycles. The predicted molar refractivity (Wildman–Crippen MR) is 67.7 cm³/mol. The molecular formula is C13H21N3. The van der Waals surface area contributed by atoms with Gasteiger partial charge in [-0.3, -0.25) is 4.98 Å². The van der Waals surface area contributed by atoms with Crippen molar-refractivity contribution in [3.8, 4) is 0 Å². The number of nitrogens with one attached hydrogen (secondary N) is 1. The molecule has 1 aromatic heterocycles.